The van der Waals surface area contributed by atoms with Crippen LogP contribution in [-0.2, 0) is 14.6 Å². The fourth-order valence-corrected chi connectivity index (χ4v) is 1.48. The first kappa shape index (κ1) is 11.5. The van der Waals surface area contributed by atoms with Crippen LogP contribution in [0, 0.1) is 0 Å². The van der Waals surface area contributed by atoms with Crippen LogP contribution >= 0.6 is 0 Å². The molecule has 0 saturated carbocycles. The molecule has 14 heavy (non-hydrogen) atoms. The molecule has 1 aliphatic heterocycles. The molecule has 0 radical (unpaired) electrons. The van der Waals surface area contributed by atoms with E-state index in [4.69, 9.17) is 5.73 Å². The van der Waals surface area contributed by atoms with E-state index < -0.39 is 11.7 Å². The highest BCUT2D eigenvalue weighted by atomic mass is 17.4. The van der Waals surface area contributed by atoms with E-state index in [1.54, 1.807) is 0 Å². The van der Waals surface area contributed by atoms with E-state index in [-0.39, 0.29) is 0 Å². The Morgan fingerprint density at radius 3 is 2.21 bits per heavy atom. The predicted molar refractivity (Wildman–Crippen MR) is 52.1 cm³/mol. The van der Waals surface area contributed by atoms with E-state index in [1.807, 2.05) is 0 Å². The highest BCUT2D eigenvalue weighted by molar-refractivity contribution is 5.82. The Morgan fingerprint density at radius 1 is 1.14 bits per heavy atom. The number of primary amides is 1. The van der Waals surface area contributed by atoms with Gasteiger partial charge in [0.2, 0.25) is 0 Å². The minimum Gasteiger partial charge on any atom is -0.365 e. The van der Waals surface area contributed by atoms with Crippen molar-refractivity contribution in [2.45, 2.75) is 57.7 Å². The second-order valence-electron chi connectivity index (χ2n) is 3.80. The highest BCUT2D eigenvalue weighted by Gasteiger charge is 2.54. The normalized spacial score (nSPS) is 18.1. The van der Waals surface area contributed by atoms with Crippen molar-refractivity contribution in [2.24, 2.45) is 5.73 Å². The van der Waals surface area contributed by atoms with Crippen molar-refractivity contribution >= 4 is 5.91 Å². The third-order valence-corrected chi connectivity index (χ3v) is 2.52. The third-order valence-electron chi connectivity index (χ3n) is 2.52. The molecule has 0 atom stereocenters. The molecular formula is C10H19NO3. The van der Waals surface area contributed by atoms with Gasteiger partial charge in [0.15, 0.2) is 0 Å². The van der Waals surface area contributed by atoms with Gasteiger partial charge in [-0.05, 0) is 6.42 Å². The molecule has 0 spiro atoms. The Kier molecular flexibility index (Phi) is 4.35. The lowest BCUT2D eigenvalue weighted by molar-refractivity contribution is -0.124. The zero-order valence-corrected chi connectivity index (χ0v) is 8.75. The minimum absolute atomic E-state index is 0.508. The molecule has 82 valence electrons. The zero-order chi connectivity index (χ0) is 10.4. The van der Waals surface area contributed by atoms with Crippen molar-refractivity contribution in [1.82, 2.24) is 0 Å². The lowest BCUT2D eigenvalue weighted by atomic mass is 10.1. The maximum Gasteiger partial charge on any atom is 0.310 e. The number of nitrogens with two attached hydrogens (primary N) is 1. The number of carbonyl (C=O) groups excluding carboxylic acids is 1. The Hall–Kier alpha value is -0.610. The van der Waals surface area contributed by atoms with E-state index in [0.717, 1.165) is 12.8 Å². The Labute approximate surface area is 84.7 Å². The second kappa shape index (κ2) is 5.32. The van der Waals surface area contributed by atoms with E-state index in [1.165, 1.54) is 25.7 Å². The molecule has 1 rings (SSSR count). The van der Waals surface area contributed by atoms with Crippen LogP contribution in [0.5, 0.6) is 0 Å². The van der Waals surface area contributed by atoms with Crippen molar-refractivity contribution in [2.75, 3.05) is 0 Å². The molecule has 0 bridgehead atoms. The van der Waals surface area contributed by atoms with Gasteiger partial charge >= 0.3 is 5.79 Å². The summed E-state index contributed by atoms with van der Waals surface area (Å²) in [5.41, 5.74) is 5.11. The van der Waals surface area contributed by atoms with Crippen LogP contribution < -0.4 is 5.73 Å². The Bertz CT molecular complexity index is 190. The van der Waals surface area contributed by atoms with Gasteiger partial charge in [-0.2, -0.15) is 9.78 Å². The standard InChI is InChI=1S/C10H19NO3/c1-2-3-4-5-6-7-8-10(9(11)12)13-14-10/h2-8H2,1H3,(H2,11,12). The summed E-state index contributed by atoms with van der Waals surface area (Å²) in [5, 5.41) is 0. The number of unbranched alkanes of at least 4 members (excludes halogenated alkanes) is 5. The first-order valence-corrected chi connectivity index (χ1v) is 5.38. The van der Waals surface area contributed by atoms with E-state index in [0.29, 0.717) is 6.42 Å². The van der Waals surface area contributed by atoms with Crippen LogP contribution in [0.4, 0.5) is 0 Å². The van der Waals surface area contributed by atoms with Gasteiger partial charge in [-0.3, -0.25) is 4.79 Å². The SMILES string of the molecule is CCCCCCCCC1(C(N)=O)OO1. The molecule has 0 aromatic heterocycles. The predicted octanol–water partition coefficient (Wildman–Crippen LogP) is 1.88. The Balaban J connectivity index is 1.96. The van der Waals surface area contributed by atoms with Gasteiger partial charge in [0.05, 0.1) is 0 Å². The summed E-state index contributed by atoms with van der Waals surface area (Å²) < 4.78 is 0. The maximum atomic E-state index is 10.8. The van der Waals surface area contributed by atoms with Gasteiger partial charge in [-0.25, -0.2) is 0 Å². The second-order valence-corrected chi connectivity index (χ2v) is 3.80. The molecule has 4 heteroatoms. The number of carbonyl (C=O) groups is 1. The van der Waals surface area contributed by atoms with E-state index >= 15 is 0 Å². The average Bonchev–Trinajstić information content (AvgIpc) is 2.92. The summed E-state index contributed by atoms with van der Waals surface area (Å²) in [6, 6.07) is 0. The summed E-state index contributed by atoms with van der Waals surface area (Å²) in [6.07, 6.45) is 7.65. The Morgan fingerprint density at radius 2 is 1.71 bits per heavy atom. The third kappa shape index (κ3) is 3.27. The van der Waals surface area contributed by atoms with Gasteiger partial charge in [-0.15, -0.1) is 0 Å². The minimum atomic E-state index is -1.06. The molecule has 1 aliphatic rings. The molecule has 0 unspecified atom stereocenters. The average molecular weight is 201 g/mol. The van der Waals surface area contributed by atoms with Gasteiger partial charge < -0.3 is 5.73 Å². The van der Waals surface area contributed by atoms with Crippen LogP contribution in [0.15, 0.2) is 0 Å². The molecule has 0 aromatic rings. The molecule has 1 fully saturated rings. The molecule has 1 heterocycles. The smallest absolute Gasteiger partial charge is 0.310 e. The molecule has 0 aliphatic carbocycles. The molecule has 1 amide bonds. The van der Waals surface area contributed by atoms with Crippen LogP contribution in [0.25, 0.3) is 0 Å². The van der Waals surface area contributed by atoms with Gasteiger partial charge in [0, 0.05) is 6.42 Å². The number of hydrogen-bond donors (Lipinski definition) is 1. The van der Waals surface area contributed by atoms with E-state index in [2.05, 4.69) is 16.7 Å². The number of rotatable bonds is 8. The highest BCUT2D eigenvalue weighted by Crippen LogP contribution is 2.34. The van der Waals surface area contributed by atoms with Crippen LogP contribution in [-0.4, -0.2) is 11.7 Å². The van der Waals surface area contributed by atoms with Gasteiger partial charge in [0.25, 0.3) is 5.91 Å². The van der Waals surface area contributed by atoms with Crippen LogP contribution in [0.3, 0.4) is 0 Å². The van der Waals surface area contributed by atoms with Crippen molar-refractivity contribution in [1.29, 1.82) is 0 Å². The lowest BCUT2D eigenvalue weighted by Gasteiger charge is -2.02. The summed E-state index contributed by atoms with van der Waals surface area (Å²) in [6.45, 7) is 2.19. The monoisotopic (exact) mass is 201 g/mol. The van der Waals surface area contributed by atoms with Crippen molar-refractivity contribution in [3.8, 4) is 0 Å². The fourth-order valence-electron chi connectivity index (χ4n) is 1.48. The molecule has 4 nitrogen and oxygen atoms in total. The largest absolute Gasteiger partial charge is 0.365 e. The van der Waals surface area contributed by atoms with Crippen LogP contribution in [0.1, 0.15) is 51.9 Å². The summed E-state index contributed by atoms with van der Waals surface area (Å²) >= 11 is 0. The first-order chi connectivity index (χ1) is 6.71. The van der Waals surface area contributed by atoms with Crippen molar-refractivity contribution in [3.63, 3.8) is 0 Å². The molecule has 0 aromatic carbocycles. The van der Waals surface area contributed by atoms with Gasteiger partial charge in [-0.1, -0.05) is 39.0 Å². The van der Waals surface area contributed by atoms with Crippen molar-refractivity contribution in [3.05, 3.63) is 0 Å². The lowest BCUT2D eigenvalue weighted by Crippen LogP contribution is -2.31. The van der Waals surface area contributed by atoms with Crippen molar-refractivity contribution < 1.29 is 14.6 Å². The maximum absolute atomic E-state index is 10.8. The van der Waals surface area contributed by atoms with Crippen LogP contribution in [0.2, 0.25) is 0 Å². The quantitative estimate of drug-likeness (QED) is 0.370. The molecule has 1 saturated heterocycles. The molecule has 2 N–H and O–H groups in total. The topological polar surface area (TPSA) is 68.2 Å². The summed E-state index contributed by atoms with van der Waals surface area (Å²) in [4.78, 5) is 20.0. The first-order valence-electron chi connectivity index (χ1n) is 5.38. The zero-order valence-electron chi connectivity index (χ0n) is 8.75. The fraction of sp³-hybridized carbons (Fsp3) is 0.900. The molecular weight excluding hydrogens is 182 g/mol. The number of amides is 1. The van der Waals surface area contributed by atoms with Gasteiger partial charge in [0.1, 0.15) is 0 Å². The summed E-state index contributed by atoms with van der Waals surface area (Å²) in [7, 11) is 0. The summed E-state index contributed by atoms with van der Waals surface area (Å²) in [5.74, 6) is -1.57. The van der Waals surface area contributed by atoms with E-state index in [9.17, 15) is 4.79 Å². The number of hydrogen-bond acceptors (Lipinski definition) is 3.